The lowest BCUT2D eigenvalue weighted by Gasteiger charge is -2.17. The maximum atomic E-state index is 12.3. The van der Waals surface area contributed by atoms with Crippen molar-refractivity contribution in [2.45, 2.75) is 12.8 Å². The lowest BCUT2D eigenvalue weighted by molar-refractivity contribution is -0.148. The second-order valence-corrected chi connectivity index (χ2v) is 5.86. The Bertz CT molecular complexity index is 772. The molecule has 0 radical (unpaired) electrons. The third-order valence-electron chi connectivity index (χ3n) is 4.18. The van der Waals surface area contributed by atoms with Crippen LogP contribution in [0.2, 0.25) is 0 Å². The van der Waals surface area contributed by atoms with Gasteiger partial charge in [-0.05, 0) is 42.3 Å². The molecule has 2 aromatic rings. The Kier molecular flexibility index (Phi) is 5.73. The molecule has 6 nitrogen and oxygen atoms in total. The summed E-state index contributed by atoms with van der Waals surface area (Å²) >= 11 is 0. The summed E-state index contributed by atoms with van der Waals surface area (Å²) in [6.07, 6.45) is 0.904. The highest BCUT2D eigenvalue weighted by Gasteiger charge is 2.24. The highest BCUT2D eigenvalue weighted by atomic mass is 16.5. The van der Waals surface area contributed by atoms with Gasteiger partial charge in [-0.15, -0.1) is 0 Å². The van der Waals surface area contributed by atoms with Crippen molar-refractivity contribution in [1.29, 1.82) is 0 Å². The topological polar surface area (TPSA) is 65.1 Å². The van der Waals surface area contributed by atoms with Gasteiger partial charge in [0.05, 0.1) is 20.1 Å². The molecule has 26 heavy (non-hydrogen) atoms. The Morgan fingerprint density at radius 3 is 2.54 bits per heavy atom. The zero-order valence-electron chi connectivity index (χ0n) is 14.6. The van der Waals surface area contributed by atoms with Crippen LogP contribution in [-0.4, -0.2) is 38.7 Å². The van der Waals surface area contributed by atoms with Crippen molar-refractivity contribution in [3.63, 3.8) is 0 Å². The van der Waals surface area contributed by atoms with E-state index in [1.165, 1.54) is 0 Å². The molecule has 1 amide bonds. The minimum atomic E-state index is -0.459. The number of esters is 1. The smallest absolute Gasteiger partial charge is 0.309 e. The Labute approximate surface area is 152 Å². The maximum absolute atomic E-state index is 12.3. The number of benzene rings is 2. The summed E-state index contributed by atoms with van der Waals surface area (Å²) < 4.78 is 15.6. The first-order valence-corrected chi connectivity index (χ1v) is 8.48. The fourth-order valence-electron chi connectivity index (χ4n) is 2.81. The number of fused-ring (bicyclic) bond motifs is 1. The van der Waals surface area contributed by atoms with E-state index in [0.29, 0.717) is 12.3 Å². The molecule has 0 saturated carbocycles. The number of nitrogens with zero attached hydrogens (tertiary/aromatic N) is 1. The van der Waals surface area contributed by atoms with Crippen molar-refractivity contribution >= 4 is 17.6 Å². The molecule has 1 aliphatic rings. The van der Waals surface area contributed by atoms with E-state index in [0.717, 1.165) is 23.4 Å². The van der Waals surface area contributed by atoms with Gasteiger partial charge in [0.2, 0.25) is 0 Å². The molecule has 0 fully saturated rings. The third kappa shape index (κ3) is 4.33. The van der Waals surface area contributed by atoms with Gasteiger partial charge in [-0.25, -0.2) is 0 Å². The number of hydrogen-bond acceptors (Lipinski definition) is 5. The second kappa shape index (κ2) is 8.38. The van der Waals surface area contributed by atoms with Crippen LogP contribution in [0.25, 0.3) is 0 Å². The van der Waals surface area contributed by atoms with Gasteiger partial charge in [0.15, 0.2) is 6.61 Å². The molecule has 6 heteroatoms. The SMILES string of the molecule is COc1ccc(OCCC(=O)OCC(=O)N2CCc3ccccc32)cc1. The van der Waals surface area contributed by atoms with E-state index in [1.54, 1.807) is 36.3 Å². The third-order valence-corrected chi connectivity index (χ3v) is 4.18. The lowest BCUT2D eigenvalue weighted by Crippen LogP contribution is -2.33. The van der Waals surface area contributed by atoms with Crippen molar-refractivity contribution in [2.24, 2.45) is 0 Å². The quantitative estimate of drug-likeness (QED) is 0.715. The Morgan fingerprint density at radius 1 is 1.04 bits per heavy atom. The standard InChI is InChI=1S/C20H21NO5/c1-24-16-6-8-17(9-7-16)25-13-11-20(23)26-14-19(22)21-12-10-15-4-2-3-5-18(15)21/h2-9H,10-14H2,1H3. The minimum Gasteiger partial charge on any atom is -0.497 e. The van der Waals surface area contributed by atoms with E-state index < -0.39 is 5.97 Å². The molecule has 0 spiro atoms. The van der Waals surface area contributed by atoms with Crippen LogP contribution in [0.5, 0.6) is 11.5 Å². The van der Waals surface area contributed by atoms with Crippen molar-refractivity contribution in [3.05, 3.63) is 54.1 Å². The van der Waals surface area contributed by atoms with Crippen LogP contribution < -0.4 is 14.4 Å². The number of carbonyl (C=O) groups is 2. The van der Waals surface area contributed by atoms with Gasteiger partial charge in [0.25, 0.3) is 5.91 Å². The summed E-state index contributed by atoms with van der Waals surface area (Å²) in [6, 6.07) is 14.8. The molecule has 0 aromatic heterocycles. The predicted octanol–water partition coefficient (Wildman–Crippen LogP) is 2.60. The number of ether oxygens (including phenoxy) is 3. The molecule has 0 saturated heterocycles. The largest absolute Gasteiger partial charge is 0.497 e. The van der Waals surface area contributed by atoms with E-state index in [2.05, 4.69) is 0 Å². The molecule has 0 unspecified atom stereocenters. The van der Waals surface area contributed by atoms with Crippen LogP contribution in [0.1, 0.15) is 12.0 Å². The van der Waals surface area contributed by atoms with Crippen LogP contribution in [0.15, 0.2) is 48.5 Å². The van der Waals surface area contributed by atoms with Gasteiger partial charge >= 0.3 is 5.97 Å². The Morgan fingerprint density at radius 2 is 1.77 bits per heavy atom. The number of hydrogen-bond donors (Lipinski definition) is 0. The van der Waals surface area contributed by atoms with Gasteiger partial charge in [0, 0.05) is 12.2 Å². The molecule has 1 heterocycles. The van der Waals surface area contributed by atoms with Gasteiger partial charge < -0.3 is 19.1 Å². The molecular formula is C20H21NO5. The molecule has 0 N–H and O–H groups in total. The Balaban J connectivity index is 1.39. The van der Waals surface area contributed by atoms with Crippen LogP contribution in [0.4, 0.5) is 5.69 Å². The van der Waals surface area contributed by atoms with Gasteiger partial charge in [-0.2, -0.15) is 0 Å². The fraction of sp³-hybridized carbons (Fsp3) is 0.300. The van der Waals surface area contributed by atoms with E-state index >= 15 is 0 Å². The molecule has 0 aliphatic carbocycles. The van der Waals surface area contributed by atoms with Gasteiger partial charge in [-0.3, -0.25) is 9.59 Å². The van der Waals surface area contributed by atoms with Crippen molar-refractivity contribution < 1.29 is 23.8 Å². The highest BCUT2D eigenvalue weighted by molar-refractivity contribution is 5.97. The van der Waals surface area contributed by atoms with Crippen LogP contribution in [0.3, 0.4) is 0 Å². The zero-order chi connectivity index (χ0) is 18.4. The minimum absolute atomic E-state index is 0.0793. The summed E-state index contributed by atoms with van der Waals surface area (Å²) in [5, 5.41) is 0. The predicted molar refractivity (Wildman–Crippen MR) is 96.6 cm³/mol. The average molecular weight is 355 g/mol. The van der Waals surface area contributed by atoms with E-state index in [9.17, 15) is 9.59 Å². The van der Waals surface area contributed by atoms with Gasteiger partial charge in [0.1, 0.15) is 11.5 Å². The van der Waals surface area contributed by atoms with Crippen LogP contribution >= 0.6 is 0 Å². The van der Waals surface area contributed by atoms with Crippen molar-refractivity contribution in [2.75, 3.05) is 31.8 Å². The molecular weight excluding hydrogens is 334 g/mol. The molecule has 2 aromatic carbocycles. The molecule has 136 valence electrons. The molecule has 0 atom stereocenters. The average Bonchev–Trinajstić information content (AvgIpc) is 3.11. The second-order valence-electron chi connectivity index (χ2n) is 5.86. The lowest BCUT2D eigenvalue weighted by atomic mass is 10.2. The first-order chi connectivity index (χ1) is 12.7. The van der Waals surface area contributed by atoms with Crippen molar-refractivity contribution in [3.8, 4) is 11.5 Å². The summed E-state index contributed by atoms with van der Waals surface area (Å²) in [7, 11) is 1.59. The molecule has 0 bridgehead atoms. The molecule has 1 aliphatic heterocycles. The van der Waals surface area contributed by atoms with Crippen LogP contribution in [-0.2, 0) is 20.7 Å². The Hall–Kier alpha value is -3.02. The highest BCUT2D eigenvalue weighted by Crippen LogP contribution is 2.27. The van der Waals surface area contributed by atoms with Gasteiger partial charge in [-0.1, -0.05) is 18.2 Å². The van der Waals surface area contributed by atoms with E-state index in [1.807, 2.05) is 24.3 Å². The normalized spacial score (nSPS) is 12.4. The summed E-state index contributed by atoms with van der Waals surface area (Å²) in [5.74, 6) is 0.709. The summed E-state index contributed by atoms with van der Waals surface area (Å²) in [4.78, 5) is 25.7. The first-order valence-electron chi connectivity index (χ1n) is 8.48. The summed E-state index contributed by atoms with van der Waals surface area (Å²) in [6.45, 7) is 0.553. The summed E-state index contributed by atoms with van der Waals surface area (Å²) in [5.41, 5.74) is 2.04. The zero-order valence-corrected chi connectivity index (χ0v) is 14.6. The van der Waals surface area contributed by atoms with Crippen LogP contribution in [0, 0.1) is 0 Å². The first kappa shape index (κ1) is 17.8. The molecule has 3 rings (SSSR count). The number of para-hydroxylation sites is 1. The maximum Gasteiger partial charge on any atom is 0.309 e. The monoisotopic (exact) mass is 355 g/mol. The van der Waals surface area contributed by atoms with Crippen molar-refractivity contribution in [1.82, 2.24) is 0 Å². The number of methoxy groups -OCH3 is 1. The van der Waals surface area contributed by atoms with E-state index in [4.69, 9.17) is 14.2 Å². The fourth-order valence-corrected chi connectivity index (χ4v) is 2.81. The number of anilines is 1. The number of amides is 1. The number of carbonyl (C=O) groups excluding carboxylic acids is 2. The van der Waals surface area contributed by atoms with E-state index in [-0.39, 0.29) is 25.5 Å². The number of rotatable bonds is 7.